The number of amides is 3. The summed E-state index contributed by atoms with van der Waals surface area (Å²) in [6.07, 6.45) is 1.57. The summed E-state index contributed by atoms with van der Waals surface area (Å²) in [5, 5.41) is 8.12. The van der Waals surface area contributed by atoms with Crippen molar-refractivity contribution in [3.05, 3.63) is 11.9 Å². The SMILES string of the molecule is CCn1ncc(CN2C(=O)CN(C)C2=O)n1. The van der Waals surface area contributed by atoms with E-state index in [0.717, 1.165) is 0 Å². The first kappa shape index (κ1) is 10.6. The molecule has 0 spiro atoms. The van der Waals surface area contributed by atoms with Crippen LogP contribution in [0, 0.1) is 0 Å². The summed E-state index contributed by atoms with van der Waals surface area (Å²) in [4.78, 5) is 27.1. The molecule has 1 saturated heterocycles. The smallest absolute Gasteiger partial charge is 0.318 e. The summed E-state index contributed by atoms with van der Waals surface area (Å²) < 4.78 is 0. The highest BCUT2D eigenvalue weighted by atomic mass is 16.2. The molecule has 0 aromatic carbocycles. The zero-order valence-electron chi connectivity index (χ0n) is 9.25. The number of urea groups is 1. The lowest BCUT2D eigenvalue weighted by Gasteiger charge is -2.11. The largest absolute Gasteiger partial charge is 0.327 e. The van der Waals surface area contributed by atoms with Crippen LogP contribution >= 0.6 is 0 Å². The van der Waals surface area contributed by atoms with Crippen molar-refractivity contribution >= 4 is 11.9 Å². The summed E-state index contributed by atoms with van der Waals surface area (Å²) in [7, 11) is 1.60. The third-order valence-electron chi connectivity index (χ3n) is 2.42. The Morgan fingerprint density at radius 2 is 2.19 bits per heavy atom. The molecule has 0 atom stereocenters. The van der Waals surface area contributed by atoms with Crippen molar-refractivity contribution in [2.24, 2.45) is 0 Å². The van der Waals surface area contributed by atoms with Gasteiger partial charge in [0.15, 0.2) is 0 Å². The van der Waals surface area contributed by atoms with Crippen LogP contribution < -0.4 is 0 Å². The van der Waals surface area contributed by atoms with Gasteiger partial charge in [-0.05, 0) is 6.92 Å². The summed E-state index contributed by atoms with van der Waals surface area (Å²) >= 11 is 0. The Kier molecular flexibility index (Phi) is 2.59. The quantitative estimate of drug-likeness (QED) is 0.659. The molecule has 1 aromatic rings. The second-order valence-corrected chi connectivity index (χ2v) is 3.64. The summed E-state index contributed by atoms with van der Waals surface area (Å²) in [5.74, 6) is -0.196. The van der Waals surface area contributed by atoms with Crippen LogP contribution in [0.2, 0.25) is 0 Å². The molecule has 1 aliphatic heterocycles. The van der Waals surface area contributed by atoms with Gasteiger partial charge in [0.2, 0.25) is 0 Å². The van der Waals surface area contributed by atoms with Gasteiger partial charge in [-0.25, -0.2) is 4.79 Å². The molecule has 2 heterocycles. The van der Waals surface area contributed by atoms with E-state index in [-0.39, 0.29) is 25.0 Å². The first-order chi connectivity index (χ1) is 7.61. The van der Waals surface area contributed by atoms with Crippen molar-refractivity contribution in [2.45, 2.75) is 20.0 Å². The van der Waals surface area contributed by atoms with Crippen LogP contribution in [0.5, 0.6) is 0 Å². The van der Waals surface area contributed by atoms with Gasteiger partial charge < -0.3 is 4.90 Å². The van der Waals surface area contributed by atoms with E-state index in [9.17, 15) is 9.59 Å². The highest BCUT2D eigenvalue weighted by Crippen LogP contribution is 2.11. The number of hydrogen-bond donors (Lipinski definition) is 0. The summed E-state index contributed by atoms with van der Waals surface area (Å²) in [6.45, 7) is 2.92. The molecular weight excluding hydrogens is 210 g/mol. The number of carbonyl (C=O) groups excluding carboxylic acids is 2. The van der Waals surface area contributed by atoms with Crippen LogP contribution in [0.3, 0.4) is 0 Å². The lowest BCUT2D eigenvalue weighted by atomic mass is 10.4. The first-order valence-corrected chi connectivity index (χ1v) is 5.06. The minimum Gasteiger partial charge on any atom is -0.318 e. The highest BCUT2D eigenvalue weighted by molar-refractivity contribution is 6.01. The van der Waals surface area contributed by atoms with E-state index in [4.69, 9.17) is 0 Å². The Balaban J connectivity index is 2.09. The van der Waals surface area contributed by atoms with Crippen LogP contribution in [-0.2, 0) is 17.9 Å². The minimum absolute atomic E-state index is 0.140. The van der Waals surface area contributed by atoms with Gasteiger partial charge in [0.05, 0.1) is 19.3 Å². The Hall–Kier alpha value is -1.92. The first-order valence-electron chi connectivity index (χ1n) is 5.06. The maximum atomic E-state index is 11.6. The van der Waals surface area contributed by atoms with Gasteiger partial charge >= 0.3 is 6.03 Å². The van der Waals surface area contributed by atoms with Crippen molar-refractivity contribution in [1.29, 1.82) is 0 Å². The standard InChI is InChI=1S/C9H13N5O2/c1-3-14-10-4-7(11-14)5-13-8(15)6-12(2)9(13)16/h4H,3,5-6H2,1-2H3. The molecule has 16 heavy (non-hydrogen) atoms. The molecular formula is C9H13N5O2. The van der Waals surface area contributed by atoms with Crippen molar-refractivity contribution in [3.63, 3.8) is 0 Å². The molecule has 0 radical (unpaired) electrons. The van der Waals surface area contributed by atoms with E-state index >= 15 is 0 Å². The lowest BCUT2D eigenvalue weighted by Crippen LogP contribution is -2.31. The van der Waals surface area contributed by atoms with Crippen LogP contribution in [0.15, 0.2) is 6.20 Å². The number of aryl methyl sites for hydroxylation is 1. The number of hydrogen-bond acceptors (Lipinski definition) is 4. The fourth-order valence-corrected chi connectivity index (χ4v) is 1.54. The second-order valence-electron chi connectivity index (χ2n) is 3.64. The maximum Gasteiger partial charge on any atom is 0.327 e. The van der Waals surface area contributed by atoms with E-state index < -0.39 is 0 Å². The fraction of sp³-hybridized carbons (Fsp3) is 0.556. The molecule has 0 unspecified atom stereocenters. The van der Waals surface area contributed by atoms with Crippen molar-refractivity contribution in [3.8, 4) is 0 Å². The average Bonchev–Trinajstić information content (AvgIpc) is 2.80. The van der Waals surface area contributed by atoms with E-state index in [1.807, 2.05) is 6.92 Å². The number of likely N-dealkylation sites (N-methyl/N-ethyl adjacent to an activating group) is 1. The summed E-state index contributed by atoms with van der Waals surface area (Å²) in [6, 6.07) is -0.281. The van der Waals surface area contributed by atoms with E-state index in [1.54, 1.807) is 13.2 Å². The van der Waals surface area contributed by atoms with Gasteiger partial charge in [0.1, 0.15) is 12.2 Å². The van der Waals surface area contributed by atoms with Gasteiger partial charge in [0.25, 0.3) is 5.91 Å². The molecule has 0 N–H and O–H groups in total. The van der Waals surface area contributed by atoms with Gasteiger partial charge in [-0.3, -0.25) is 9.69 Å². The molecule has 1 aromatic heterocycles. The monoisotopic (exact) mass is 223 g/mol. The Bertz CT molecular complexity index is 427. The van der Waals surface area contributed by atoms with E-state index in [1.165, 1.54) is 14.6 Å². The summed E-state index contributed by atoms with van der Waals surface area (Å²) in [5.41, 5.74) is 0.624. The zero-order chi connectivity index (χ0) is 11.7. The average molecular weight is 223 g/mol. The predicted octanol–water partition coefficient (Wildman–Crippen LogP) is -0.308. The minimum atomic E-state index is -0.281. The van der Waals surface area contributed by atoms with E-state index in [2.05, 4.69) is 10.2 Å². The lowest BCUT2D eigenvalue weighted by molar-refractivity contribution is -0.125. The van der Waals surface area contributed by atoms with Crippen molar-refractivity contribution < 1.29 is 9.59 Å². The number of rotatable bonds is 3. The van der Waals surface area contributed by atoms with Crippen molar-refractivity contribution in [1.82, 2.24) is 24.8 Å². The maximum absolute atomic E-state index is 11.6. The number of carbonyl (C=O) groups is 2. The van der Waals surface area contributed by atoms with Gasteiger partial charge in [-0.2, -0.15) is 15.0 Å². The molecule has 1 aliphatic rings. The molecule has 7 heteroatoms. The van der Waals surface area contributed by atoms with Gasteiger partial charge in [0, 0.05) is 7.05 Å². The third kappa shape index (κ3) is 1.75. The predicted molar refractivity (Wildman–Crippen MR) is 54.3 cm³/mol. The molecule has 0 saturated carbocycles. The Morgan fingerprint density at radius 1 is 1.44 bits per heavy atom. The zero-order valence-corrected chi connectivity index (χ0v) is 9.25. The fourth-order valence-electron chi connectivity index (χ4n) is 1.54. The number of nitrogens with zero attached hydrogens (tertiary/aromatic N) is 5. The number of imide groups is 1. The normalized spacial score (nSPS) is 16.4. The Labute approximate surface area is 92.6 Å². The van der Waals surface area contributed by atoms with Gasteiger partial charge in [-0.15, -0.1) is 0 Å². The highest BCUT2D eigenvalue weighted by Gasteiger charge is 2.33. The van der Waals surface area contributed by atoms with Gasteiger partial charge in [-0.1, -0.05) is 0 Å². The Morgan fingerprint density at radius 3 is 2.69 bits per heavy atom. The van der Waals surface area contributed by atoms with E-state index in [0.29, 0.717) is 12.2 Å². The van der Waals surface area contributed by atoms with Crippen LogP contribution in [0.4, 0.5) is 4.79 Å². The second kappa shape index (κ2) is 3.92. The molecule has 1 fully saturated rings. The molecule has 86 valence electrons. The molecule has 7 nitrogen and oxygen atoms in total. The number of aromatic nitrogens is 3. The van der Waals surface area contributed by atoms with Crippen LogP contribution in [0.1, 0.15) is 12.6 Å². The van der Waals surface area contributed by atoms with Crippen LogP contribution in [-0.4, -0.2) is 50.3 Å². The van der Waals surface area contributed by atoms with Crippen molar-refractivity contribution in [2.75, 3.05) is 13.6 Å². The molecule has 3 amide bonds. The molecule has 0 aliphatic carbocycles. The third-order valence-corrected chi connectivity index (χ3v) is 2.42. The molecule has 0 bridgehead atoms. The topological polar surface area (TPSA) is 71.3 Å². The molecule has 2 rings (SSSR count). The van der Waals surface area contributed by atoms with Crippen LogP contribution in [0.25, 0.3) is 0 Å².